The molecule has 2 N–H and O–H groups in total. The first-order valence-electron chi connectivity index (χ1n) is 9.01. The molecule has 6 heteroatoms. The van der Waals surface area contributed by atoms with E-state index in [4.69, 9.17) is 0 Å². The van der Waals surface area contributed by atoms with Crippen LogP contribution in [0.2, 0.25) is 0 Å². The Morgan fingerprint density at radius 1 is 1.36 bits per heavy atom. The number of carbonyl (C=O) groups excluding carboxylic acids is 1. The molecule has 0 bridgehead atoms. The molecule has 1 saturated heterocycles. The Morgan fingerprint density at radius 3 is 3.00 bits per heavy atom. The average molecular weight is 342 g/mol. The summed E-state index contributed by atoms with van der Waals surface area (Å²) >= 11 is 0. The van der Waals surface area contributed by atoms with Crippen molar-refractivity contribution in [3.63, 3.8) is 0 Å². The lowest BCUT2D eigenvalue weighted by Crippen LogP contribution is -2.42. The number of imidazole rings is 1. The van der Waals surface area contributed by atoms with Gasteiger partial charge in [-0.1, -0.05) is 18.9 Å². The van der Waals surface area contributed by atoms with E-state index in [9.17, 15) is 9.18 Å². The molecular formula is C19H23FN4O. The molecule has 2 aliphatic rings. The molecule has 2 fully saturated rings. The third-order valence-corrected chi connectivity index (χ3v) is 5.44. The van der Waals surface area contributed by atoms with Crippen LogP contribution in [-0.4, -0.2) is 27.5 Å². The summed E-state index contributed by atoms with van der Waals surface area (Å²) in [5.41, 5.74) is 1.21. The third kappa shape index (κ3) is 3.44. The predicted octanol–water partition coefficient (Wildman–Crippen LogP) is 2.55. The standard InChI is InChI=1S/C19H23FN4O/c20-15-9-13(5-6-18(15)24-8-7-21-12-24)11-22-19(25)17-10-14-3-1-2-4-16(14)23-17/h5-9,12,14,16-17,23H,1-4,10-11H2,(H,22,25). The molecule has 5 nitrogen and oxygen atoms in total. The Bertz CT molecular complexity index is 732. The summed E-state index contributed by atoms with van der Waals surface area (Å²) in [6.07, 6.45) is 10.7. The molecule has 1 aliphatic heterocycles. The van der Waals surface area contributed by atoms with Gasteiger partial charge in [0.1, 0.15) is 5.82 Å². The van der Waals surface area contributed by atoms with E-state index in [0.717, 1.165) is 12.0 Å². The maximum atomic E-state index is 14.3. The summed E-state index contributed by atoms with van der Waals surface area (Å²) < 4.78 is 15.9. The Morgan fingerprint density at radius 2 is 2.24 bits per heavy atom. The zero-order valence-electron chi connectivity index (χ0n) is 14.1. The van der Waals surface area contributed by atoms with Gasteiger partial charge < -0.3 is 15.2 Å². The number of aromatic nitrogens is 2. The smallest absolute Gasteiger partial charge is 0.237 e. The Balaban J connectivity index is 1.35. The van der Waals surface area contributed by atoms with Crippen LogP contribution in [0.5, 0.6) is 0 Å². The number of carbonyl (C=O) groups is 1. The number of rotatable bonds is 4. The zero-order valence-corrected chi connectivity index (χ0v) is 14.1. The van der Waals surface area contributed by atoms with Crippen molar-refractivity contribution in [2.75, 3.05) is 0 Å². The molecule has 1 aromatic carbocycles. The van der Waals surface area contributed by atoms with Crippen LogP contribution in [0.4, 0.5) is 4.39 Å². The molecule has 1 aliphatic carbocycles. The van der Waals surface area contributed by atoms with Gasteiger partial charge in [-0.2, -0.15) is 0 Å². The van der Waals surface area contributed by atoms with Crippen molar-refractivity contribution in [1.29, 1.82) is 0 Å². The quantitative estimate of drug-likeness (QED) is 0.898. The SMILES string of the molecule is O=C(NCc1ccc(-n2ccnc2)c(F)c1)C1CC2CCCCC2N1. The summed E-state index contributed by atoms with van der Waals surface area (Å²) in [6, 6.07) is 5.40. The normalized spacial score (nSPS) is 25.6. The second-order valence-electron chi connectivity index (χ2n) is 7.08. The van der Waals surface area contributed by atoms with Gasteiger partial charge in [-0.25, -0.2) is 9.37 Å². The Hall–Kier alpha value is -2.21. The first kappa shape index (κ1) is 16.3. The highest BCUT2D eigenvalue weighted by atomic mass is 19.1. The highest BCUT2D eigenvalue weighted by Crippen LogP contribution is 2.33. The highest BCUT2D eigenvalue weighted by Gasteiger charge is 2.37. The second kappa shape index (κ2) is 6.96. The van der Waals surface area contributed by atoms with Crippen molar-refractivity contribution in [2.24, 2.45) is 5.92 Å². The number of hydrogen-bond donors (Lipinski definition) is 2. The fourth-order valence-corrected chi connectivity index (χ4v) is 4.10. The largest absolute Gasteiger partial charge is 0.351 e. The molecule has 25 heavy (non-hydrogen) atoms. The first-order chi connectivity index (χ1) is 12.2. The van der Waals surface area contributed by atoms with Gasteiger partial charge in [-0.05, 0) is 42.9 Å². The van der Waals surface area contributed by atoms with Crippen molar-refractivity contribution in [3.8, 4) is 5.69 Å². The molecular weight excluding hydrogens is 319 g/mol. The minimum atomic E-state index is -0.324. The van der Waals surface area contributed by atoms with Crippen molar-refractivity contribution in [2.45, 2.75) is 50.7 Å². The van der Waals surface area contributed by atoms with Gasteiger partial charge in [-0.15, -0.1) is 0 Å². The zero-order chi connectivity index (χ0) is 17.2. The number of fused-ring (bicyclic) bond motifs is 1. The van der Waals surface area contributed by atoms with Crippen molar-refractivity contribution in [3.05, 3.63) is 48.3 Å². The van der Waals surface area contributed by atoms with Gasteiger partial charge in [0.2, 0.25) is 5.91 Å². The Kier molecular flexibility index (Phi) is 4.53. The lowest BCUT2D eigenvalue weighted by Gasteiger charge is -2.24. The predicted molar refractivity (Wildman–Crippen MR) is 92.7 cm³/mol. The molecule has 4 rings (SSSR count). The van der Waals surface area contributed by atoms with Crippen LogP contribution in [0.1, 0.15) is 37.7 Å². The van der Waals surface area contributed by atoms with Crippen molar-refractivity contribution >= 4 is 5.91 Å². The van der Waals surface area contributed by atoms with Gasteiger partial charge in [0.05, 0.1) is 18.1 Å². The van der Waals surface area contributed by atoms with Crippen molar-refractivity contribution in [1.82, 2.24) is 20.2 Å². The van der Waals surface area contributed by atoms with E-state index in [0.29, 0.717) is 24.2 Å². The van der Waals surface area contributed by atoms with Gasteiger partial charge in [-0.3, -0.25) is 4.79 Å². The maximum absolute atomic E-state index is 14.3. The van der Waals surface area contributed by atoms with Crippen LogP contribution < -0.4 is 10.6 Å². The van der Waals surface area contributed by atoms with Crippen molar-refractivity contribution < 1.29 is 9.18 Å². The molecule has 3 atom stereocenters. The lowest BCUT2D eigenvalue weighted by molar-refractivity contribution is -0.123. The Labute approximate surface area is 146 Å². The fourth-order valence-electron chi connectivity index (χ4n) is 4.10. The lowest BCUT2D eigenvalue weighted by atomic mass is 9.85. The second-order valence-corrected chi connectivity index (χ2v) is 7.08. The minimum Gasteiger partial charge on any atom is -0.351 e. The molecule has 1 amide bonds. The van der Waals surface area contributed by atoms with Gasteiger partial charge in [0, 0.05) is 25.0 Å². The summed E-state index contributed by atoms with van der Waals surface area (Å²) in [7, 11) is 0. The number of nitrogens with one attached hydrogen (secondary N) is 2. The summed E-state index contributed by atoms with van der Waals surface area (Å²) in [4.78, 5) is 16.3. The number of halogens is 1. The average Bonchev–Trinajstić information content (AvgIpc) is 3.29. The van der Waals surface area contributed by atoms with E-state index in [-0.39, 0.29) is 17.8 Å². The monoisotopic (exact) mass is 342 g/mol. The summed E-state index contributed by atoms with van der Waals surface area (Å²) in [5, 5.41) is 6.42. The van der Waals surface area contributed by atoms with Crippen LogP contribution in [0.3, 0.4) is 0 Å². The molecule has 0 radical (unpaired) electrons. The molecule has 1 aromatic heterocycles. The molecule has 1 saturated carbocycles. The van der Waals surface area contributed by atoms with Gasteiger partial charge in [0.15, 0.2) is 0 Å². The third-order valence-electron chi connectivity index (χ3n) is 5.44. The van der Waals surface area contributed by atoms with E-state index < -0.39 is 0 Å². The number of nitrogens with zero attached hydrogens (tertiary/aromatic N) is 2. The fraction of sp³-hybridized carbons (Fsp3) is 0.474. The molecule has 2 aromatic rings. The van der Waals surface area contributed by atoms with E-state index >= 15 is 0 Å². The van der Waals surface area contributed by atoms with Crippen LogP contribution in [0.15, 0.2) is 36.9 Å². The highest BCUT2D eigenvalue weighted by molar-refractivity contribution is 5.82. The van der Waals surface area contributed by atoms with E-state index in [1.807, 2.05) is 6.07 Å². The number of hydrogen-bond acceptors (Lipinski definition) is 3. The maximum Gasteiger partial charge on any atom is 0.237 e. The molecule has 2 heterocycles. The van der Waals surface area contributed by atoms with Crippen LogP contribution in [-0.2, 0) is 11.3 Å². The minimum absolute atomic E-state index is 0.0218. The van der Waals surface area contributed by atoms with E-state index in [1.54, 1.807) is 29.4 Å². The molecule has 3 unspecified atom stereocenters. The summed E-state index contributed by atoms with van der Waals surface area (Å²) in [6.45, 7) is 0.341. The topological polar surface area (TPSA) is 59.0 Å². The number of amides is 1. The van der Waals surface area contributed by atoms with Gasteiger partial charge in [0.25, 0.3) is 0 Å². The number of benzene rings is 1. The molecule has 0 spiro atoms. The van der Waals surface area contributed by atoms with Crippen LogP contribution >= 0.6 is 0 Å². The van der Waals surface area contributed by atoms with Crippen LogP contribution in [0, 0.1) is 11.7 Å². The van der Waals surface area contributed by atoms with E-state index in [1.165, 1.54) is 31.7 Å². The van der Waals surface area contributed by atoms with Crippen LogP contribution in [0.25, 0.3) is 5.69 Å². The van der Waals surface area contributed by atoms with E-state index in [2.05, 4.69) is 15.6 Å². The molecule has 132 valence electrons. The summed E-state index contributed by atoms with van der Waals surface area (Å²) in [5.74, 6) is 0.333. The first-order valence-corrected chi connectivity index (χ1v) is 9.01. The van der Waals surface area contributed by atoms with Gasteiger partial charge >= 0.3 is 0 Å².